The van der Waals surface area contributed by atoms with Crippen LogP contribution in [-0.2, 0) is 4.79 Å². The molecule has 2 unspecified atom stereocenters. The van der Waals surface area contributed by atoms with Crippen molar-refractivity contribution in [3.05, 3.63) is 0 Å². The molecule has 2 atom stereocenters. The van der Waals surface area contributed by atoms with Crippen LogP contribution in [0.1, 0.15) is 20.8 Å². The van der Waals surface area contributed by atoms with Gasteiger partial charge < -0.3 is 15.1 Å². The maximum atomic E-state index is 11.8. The molecule has 1 aliphatic heterocycles. The number of carbonyl (C=O) groups excluding carboxylic acids is 1. The van der Waals surface area contributed by atoms with Crippen molar-refractivity contribution in [2.45, 2.75) is 26.9 Å². The van der Waals surface area contributed by atoms with Crippen LogP contribution in [0.3, 0.4) is 0 Å². The van der Waals surface area contributed by atoms with E-state index in [0.717, 1.165) is 0 Å². The molecule has 1 aliphatic rings. The fourth-order valence-corrected chi connectivity index (χ4v) is 1.67. The van der Waals surface area contributed by atoms with Crippen LogP contribution in [-0.4, -0.2) is 46.8 Å². The van der Waals surface area contributed by atoms with Crippen LogP contribution >= 0.6 is 0 Å². The Balaban J connectivity index is 2.62. The Labute approximate surface area is 84.5 Å². The zero-order chi connectivity index (χ0) is 10.9. The van der Waals surface area contributed by atoms with Crippen LogP contribution in [0, 0.1) is 11.3 Å². The van der Waals surface area contributed by atoms with Crippen LogP contribution in [0.2, 0.25) is 0 Å². The van der Waals surface area contributed by atoms with Crippen molar-refractivity contribution in [2.75, 3.05) is 19.7 Å². The number of nitrogens with zero attached hydrogens (tertiary/aromatic N) is 1. The maximum Gasteiger partial charge on any atom is 0.228 e. The van der Waals surface area contributed by atoms with Crippen LogP contribution in [0.5, 0.6) is 0 Å². The third-order valence-electron chi connectivity index (χ3n) is 2.57. The minimum Gasteiger partial charge on any atom is -0.396 e. The molecule has 2 N–H and O–H groups in total. The molecule has 1 heterocycles. The summed E-state index contributed by atoms with van der Waals surface area (Å²) in [7, 11) is 0. The van der Waals surface area contributed by atoms with Crippen molar-refractivity contribution in [3.63, 3.8) is 0 Å². The van der Waals surface area contributed by atoms with Crippen LogP contribution in [0.25, 0.3) is 0 Å². The second-order valence-corrected chi connectivity index (χ2v) is 4.97. The molecule has 82 valence electrons. The van der Waals surface area contributed by atoms with E-state index in [1.807, 2.05) is 20.8 Å². The molecule has 0 aromatic heterocycles. The van der Waals surface area contributed by atoms with Gasteiger partial charge in [0.1, 0.15) is 0 Å². The number of amides is 1. The molecule has 4 heteroatoms. The summed E-state index contributed by atoms with van der Waals surface area (Å²) in [4.78, 5) is 13.4. The second-order valence-electron chi connectivity index (χ2n) is 4.97. The van der Waals surface area contributed by atoms with E-state index in [0.29, 0.717) is 13.1 Å². The third kappa shape index (κ3) is 2.25. The monoisotopic (exact) mass is 201 g/mol. The average molecular weight is 201 g/mol. The van der Waals surface area contributed by atoms with Gasteiger partial charge in [-0.3, -0.25) is 4.79 Å². The molecule has 0 aromatic rings. The molecule has 0 aromatic carbocycles. The number of hydrogen-bond acceptors (Lipinski definition) is 3. The number of aliphatic hydroxyl groups is 2. The molecule has 1 amide bonds. The van der Waals surface area contributed by atoms with Crippen molar-refractivity contribution < 1.29 is 15.0 Å². The first kappa shape index (κ1) is 11.5. The number of likely N-dealkylation sites (tertiary alicyclic amines) is 1. The lowest BCUT2D eigenvalue weighted by molar-refractivity contribution is -0.138. The van der Waals surface area contributed by atoms with Gasteiger partial charge in [-0.15, -0.1) is 0 Å². The van der Waals surface area contributed by atoms with Crippen molar-refractivity contribution in [3.8, 4) is 0 Å². The number of aliphatic hydroxyl groups excluding tert-OH is 2. The van der Waals surface area contributed by atoms with Gasteiger partial charge in [-0.25, -0.2) is 0 Å². The van der Waals surface area contributed by atoms with Gasteiger partial charge in [0.2, 0.25) is 5.91 Å². The lowest BCUT2D eigenvalue weighted by Gasteiger charge is -2.25. The van der Waals surface area contributed by atoms with Gasteiger partial charge in [-0.1, -0.05) is 20.8 Å². The van der Waals surface area contributed by atoms with E-state index in [4.69, 9.17) is 5.11 Å². The molecular formula is C10H19NO3. The summed E-state index contributed by atoms with van der Waals surface area (Å²) in [6.45, 7) is 6.32. The Morgan fingerprint density at radius 1 is 1.43 bits per heavy atom. The Kier molecular flexibility index (Phi) is 3.17. The van der Waals surface area contributed by atoms with E-state index in [9.17, 15) is 9.90 Å². The van der Waals surface area contributed by atoms with Crippen molar-refractivity contribution in [1.29, 1.82) is 0 Å². The number of hydrogen-bond donors (Lipinski definition) is 2. The molecule has 1 fully saturated rings. The standard InChI is InChI=1S/C10H19NO3/c1-10(2,3)9(14)11-4-7(6-12)8(13)5-11/h7-8,12-13H,4-6H2,1-3H3. The van der Waals surface area contributed by atoms with Crippen molar-refractivity contribution >= 4 is 5.91 Å². The fourth-order valence-electron chi connectivity index (χ4n) is 1.67. The highest BCUT2D eigenvalue weighted by molar-refractivity contribution is 5.81. The lowest BCUT2D eigenvalue weighted by Crippen LogP contribution is -2.38. The minimum absolute atomic E-state index is 0.0347. The zero-order valence-electron chi connectivity index (χ0n) is 9.03. The second kappa shape index (κ2) is 3.87. The Morgan fingerprint density at radius 2 is 2.00 bits per heavy atom. The highest BCUT2D eigenvalue weighted by Crippen LogP contribution is 2.23. The highest BCUT2D eigenvalue weighted by Gasteiger charge is 2.37. The van der Waals surface area contributed by atoms with Crippen molar-refractivity contribution in [1.82, 2.24) is 4.90 Å². The Hall–Kier alpha value is -0.610. The van der Waals surface area contributed by atoms with Gasteiger partial charge in [-0.05, 0) is 0 Å². The number of β-amino-alcohol motifs (C(OH)–C–C–N with tert-alkyl or cyclic N) is 1. The molecule has 0 aliphatic carbocycles. The molecule has 1 saturated heterocycles. The summed E-state index contributed by atoms with van der Waals surface area (Å²) in [5, 5.41) is 18.5. The molecule has 4 nitrogen and oxygen atoms in total. The van der Waals surface area contributed by atoms with E-state index in [2.05, 4.69) is 0 Å². The van der Waals surface area contributed by atoms with Gasteiger partial charge >= 0.3 is 0 Å². The predicted molar refractivity (Wildman–Crippen MR) is 52.6 cm³/mol. The van der Waals surface area contributed by atoms with Gasteiger partial charge in [0, 0.05) is 24.4 Å². The molecule has 0 saturated carbocycles. The SMILES string of the molecule is CC(C)(C)C(=O)N1CC(O)C(CO)C1. The summed E-state index contributed by atoms with van der Waals surface area (Å²) in [6.07, 6.45) is -0.578. The molecule has 0 spiro atoms. The molecular weight excluding hydrogens is 182 g/mol. The van der Waals surface area contributed by atoms with Gasteiger partial charge in [0.05, 0.1) is 12.7 Å². The minimum atomic E-state index is -0.578. The van der Waals surface area contributed by atoms with Crippen LogP contribution in [0.4, 0.5) is 0 Å². The normalized spacial score (nSPS) is 28.2. The zero-order valence-corrected chi connectivity index (χ0v) is 9.03. The fraction of sp³-hybridized carbons (Fsp3) is 0.900. The van der Waals surface area contributed by atoms with E-state index < -0.39 is 11.5 Å². The lowest BCUT2D eigenvalue weighted by atomic mass is 9.95. The van der Waals surface area contributed by atoms with E-state index in [1.165, 1.54) is 0 Å². The molecule has 0 bridgehead atoms. The smallest absolute Gasteiger partial charge is 0.228 e. The average Bonchev–Trinajstić information content (AvgIpc) is 2.43. The van der Waals surface area contributed by atoms with Gasteiger partial charge in [0.25, 0.3) is 0 Å². The summed E-state index contributed by atoms with van der Waals surface area (Å²) < 4.78 is 0. The summed E-state index contributed by atoms with van der Waals surface area (Å²) in [5.74, 6) is -0.145. The van der Waals surface area contributed by atoms with Crippen LogP contribution < -0.4 is 0 Å². The molecule has 14 heavy (non-hydrogen) atoms. The third-order valence-corrected chi connectivity index (χ3v) is 2.57. The topological polar surface area (TPSA) is 60.8 Å². The Bertz CT molecular complexity index is 222. The van der Waals surface area contributed by atoms with Gasteiger partial charge in [0.15, 0.2) is 0 Å². The van der Waals surface area contributed by atoms with E-state index in [1.54, 1.807) is 4.90 Å². The Morgan fingerprint density at radius 3 is 2.36 bits per heavy atom. The predicted octanol–water partition coefficient (Wildman–Crippen LogP) is -0.156. The number of carbonyl (C=O) groups is 1. The summed E-state index contributed by atoms with van der Waals surface area (Å²) in [5.41, 5.74) is -0.413. The summed E-state index contributed by atoms with van der Waals surface area (Å²) in [6, 6.07) is 0. The van der Waals surface area contributed by atoms with E-state index in [-0.39, 0.29) is 18.4 Å². The van der Waals surface area contributed by atoms with E-state index >= 15 is 0 Å². The largest absolute Gasteiger partial charge is 0.396 e. The molecule has 1 rings (SSSR count). The highest BCUT2D eigenvalue weighted by atomic mass is 16.3. The van der Waals surface area contributed by atoms with Gasteiger partial charge in [-0.2, -0.15) is 0 Å². The quantitative estimate of drug-likeness (QED) is 0.620. The maximum absolute atomic E-state index is 11.8. The first-order valence-corrected chi connectivity index (χ1v) is 4.94. The molecule has 0 radical (unpaired) electrons. The first-order chi connectivity index (χ1) is 6.36. The first-order valence-electron chi connectivity index (χ1n) is 4.94. The summed E-state index contributed by atoms with van der Waals surface area (Å²) >= 11 is 0. The van der Waals surface area contributed by atoms with Crippen LogP contribution in [0.15, 0.2) is 0 Å². The number of rotatable bonds is 1. The van der Waals surface area contributed by atoms with Crippen molar-refractivity contribution in [2.24, 2.45) is 11.3 Å².